The van der Waals surface area contributed by atoms with Crippen molar-refractivity contribution in [2.75, 3.05) is 0 Å². The smallest absolute Gasteiger partial charge is 0.596 e. The van der Waals surface area contributed by atoms with Crippen molar-refractivity contribution in [3.8, 4) is 0 Å². The van der Waals surface area contributed by atoms with E-state index in [9.17, 15) is 10.0 Å². The third-order valence-electron chi connectivity index (χ3n) is 3.90. The van der Waals surface area contributed by atoms with Gasteiger partial charge in [-0.05, 0) is 15.7 Å². The number of rotatable bonds is 2. The van der Waals surface area contributed by atoms with E-state index in [-0.39, 0.29) is 40.2 Å². The Bertz CT molecular complexity index is 501. The molecule has 0 atom stereocenters. The number of hydrogen-bond acceptors (Lipinski definition) is 3. The standard InChI is InChI=1S/C16H26N2O3.Na/c1-8-16(18(21)17-20)9-11(14(2,3)4)13(19)12(10-16)15(5,6)7;/h9-10,20H,8H2,1-7H3;/q;+1. The second-order valence-electron chi connectivity index (χ2n) is 7.65. The van der Waals surface area contributed by atoms with E-state index in [1.807, 2.05) is 48.5 Å². The number of allylic oxidation sites excluding steroid dienone is 2. The van der Waals surface area contributed by atoms with Gasteiger partial charge in [-0.3, -0.25) is 4.79 Å². The number of hydrogen-bond donors (Lipinski definition) is 1. The van der Waals surface area contributed by atoms with Gasteiger partial charge >= 0.3 is 29.6 Å². The van der Waals surface area contributed by atoms with Gasteiger partial charge in [-0.15, -0.1) is 0 Å². The van der Waals surface area contributed by atoms with E-state index in [0.717, 1.165) is 0 Å². The van der Waals surface area contributed by atoms with Crippen molar-refractivity contribution < 1.29 is 44.4 Å². The van der Waals surface area contributed by atoms with Crippen LogP contribution in [-0.2, 0) is 4.79 Å². The number of carbonyl (C=O) groups is 1. The van der Waals surface area contributed by atoms with Gasteiger partial charge in [-0.2, -0.15) is 0 Å². The summed E-state index contributed by atoms with van der Waals surface area (Å²) in [5.41, 5.74) is -0.729. The molecule has 22 heavy (non-hydrogen) atoms. The Hall–Kier alpha value is -0.650. The van der Waals surface area contributed by atoms with Crippen LogP contribution in [-0.4, -0.2) is 21.4 Å². The first-order valence-corrected chi connectivity index (χ1v) is 7.23. The number of nitrogens with zero attached hydrogens (tertiary/aromatic N) is 2. The Morgan fingerprint density at radius 1 is 1.14 bits per heavy atom. The molecule has 0 aromatic heterocycles. The fraction of sp³-hybridized carbons (Fsp3) is 0.688. The number of hydroxylamine groups is 1. The van der Waals surface area contributed by atoms with Gasteiger partial charge in [-0.1, -0.05) is 48.5 Å². The van der Waals surface area contributed by atoms with Crippen molar-refractivity contribution in [2.45, 2.75) is 60.4 Å². The Labute approximate surface area is 155 Å². The molecule has 0 aromatic rings. The minimum Gasteiger partial charge on any atom is -0.596 e. The molecule has 6 heteroatoms. The fourth-order valence-electron chi connectivity index (χ4n) is 2.47. The van der Waals surface area contributed by atoms with E-state index in [1.54, 1.807) is 12.2 Å². The summed E-state index contributed by atoms with van der Waals surface area (Å²) in [6, 6.07) is 0. The number of ketones is 1. The van der Waals surface area contributed by atoms with Gasteiger partial charge in [0.05, 0.1) is 0 Å². The molecule has 118 valence electrons. The summed E-state index contributed by atoms with van der Waals surface area (Å²) in [6.45, 7) is 13.5. The monoisotopic (exact) mass is 317 g/mol. The maximum atomic E-state index is 12.8. The SMILES string of the molecule is CCC1([N+]([O-])=NO)C=C(C(C)(C)C)C(=O)C(C(C)(C)C)=C1.[Na+]. The predicted octanol–water partition coefficient (Wildman–Crippen LogP) is 1.02. The molecule has 0 bridgehead atoms. The summed E-state index contributed by atoms with van der Waals surface area (Å²) in [7, 11) is 0. The molecule has 0 amide bonds. The van der Waals surface area contributed by atoms with Crippen LogP contribution in [0.4, 0.5) is 0 Å². The molecule has 0 radical (unpaired) electrons. The molecule has 5 nitrogen and oxygen atoms in total. The van der Waals surface area contributed by atoms with Crippen LogP contribution in [0.15, 0.2) is 28.6 Å². The maximum Gasteiger partial charge on any atom is 1.00 e. The van der Waals surface area contributed by atoms with Gasteiger partial charge < -0.3 is 10.4 Å². The third kappa shape index (κ3) is 4.00. The van der Waals surface area contributed by atoms with Crippen LogP contribution < -0.4 is 29.6 Å². The molecule has 1 N–H and O–H groups in total. The Morgan fingerprint density at radius 2 is 1.50 bits per heavy atom. The largest absolute Gasteiger partial charge is 1.00 e. The zero-order valence-corrected chi connectivity index (χ0v) is 17.0. The molecule has 0 aromatic carbocycles. The van der Waals surface area contributed by atoms with Crippen molar-refractivity contribution >= 4 is 5.78 Å². The molecule has 0 aliphatic heterocycles. The van der Waals surface area contributed by atoms with Gasteiger partial charge in [-0.25, -0.2) is 0 Å². The average Bonchev–Trinajstić information content (AvgIpc) is 2.35. The second-order valence-corrected chi connectivity index (χ2v) is 7.65. The molecule has 1 aliphatic rings. The van der Waals surface area contributed by atoms with Crippen LogP contribution in [0.25, 0.3) is 0 Å². The molecule has 1 rings (SSSR count). The predicted molar refractivity (Wildman–Crippen MR) is 80.9 cm³/mol. The van der Waals surface area contributed by atoms with Crippen LogP contribution in [0, 0.1) is 16.0 Å². The zero-order chi connectivity index (χ0) is 16.6. The molecular formula is C16H26N2NaO3+. The van der Waals surface area contributed by atoms with E-state index in [2.05, 4.69) is 5.28 Å². The van der Waals surface area contributed by atoms with E-state index in [1.165, 1.54) is 0 Å². The van der Waals surface area contributed by atoms with Gasteiger partial charge in [0.1, 0.15) is 0 Å². The first-order valence-electron chi connectivity index (χ1n) is 7.23. The molecule has 0 saturated carbocycles. The Morgan fingerprint density at radius 3 is 1.73 bits per heavy atom. The van der Waals surface area contributed by atoms with Crippen molar-refractivity contribution in [3.63, 3.8) is 0 Å². The first kappa shape index (κ1) is 21.4. The van der Waals surface area contributed by atoms with Crippen molar-refractivity contribution in [2.24, 2.45) is 16.1 Å². The van der Waals surface area contributed by atoms with Crippen molar-refractivity contribution in [1.82, 2.24) is 0 Å². The third-order valence-corrected chi connectivity index (χ3v) is 3.90. The quantitative estimate of drug-likeness (QED) is 0.357. The zero-order valence-electron chi connectivity index (χ0n) is 15.0. The molecule has 0 fully saturated rings. The molecule has 0 heterocycles. The number of carbonyl (C=O) groups excluding carboxylic acids is 1. The molecule has 1 aliphatic carbocycles. The minimum absolute atomic E-state index is 0. The normalized spacial score (nSPS) is 19.2. The molecular weight excluding hydrogens is 291 g/mol. The Kier molecular flexibility index (Phi) is 6.65. The topological polar surface area (TPSA) is 75.7 Å². The Balaban J connectivity index is 0.00000441. The van der Waals surface area contributed by atoms with Crippen molar-refractivity contribution in [1.29, 1.82) is 0 Å². The molecule has 0 saturated heterocycles. The first-order chi connectivity index (χ1) is 9.39. The summed E-state index contributed by atoms with van der Waals surface area (Å²) in [5.74, 6) is -0.0367. The van der Waals surface area contributed by atoms with Gasteiger partial charge in [0, 0.05) is 29.7 Å². The van der Waals surface area contributed by atoms with E-state index in [4.69, 9.17) is 5.21 Å². The number of Topliss-reactive ketones (excluding diaryl/α,β-unsaturated/α-hetero) is 1. The summed E-state index contributed by atoms with van der Waals surface area (Å²) < 4.78 is 0. The van der Waals surface area contributed by atoms with Crippen molar-refractivity contribution in [3.05, 3.63) is 28.5 Å². The van der Waals surface area contributed by atoms with Crippen LogP contribution in [0.3, 0.4) is 0 Å². The molecule has 0 spiro atoms. The van der Waals surface area contributed by atoms with E-state index < -0.39 is 16.4 Å². The summed E-state index contributed by atoms with van der Waals surface area (Å²) in [4.78, 5) is 13.1. The fourth-order valence-corrected chi connectivity index (χ4v) is 2.47. The molecule has 0 unspecified atom stereocenters. The summed E-state index contributed by atoms with van der Waals surface area (Å²) in [5, 5.41) is 23.8. The van der Waals surface area contributed by atoms with Gasteiger partial charge in [0.2, 0.25) is 5.54 Å². The van der Waals surface area contributed by atoms with Crippen LogP contribution in [0.5, 0.6) is 0 Å². The summed E-state index contributed by atoms with van der Waals surface area (Å²) in [6.07, 6.45) is 3.71. The second kappa shape index (κ2) is 6.85. The summed E-state index contributed by atoms with van der Waals surface area (Å²) >= 11 is 0. The van der Waals surface area contributed by atoms with Crippen LogP contribution in [0.1, 0.15) is 54.9 Å². The van der Waals surface area contributed by atoms with Crippen LogP contribution in [0.2, 0.25) is 0 Å². The van der Waals surface area contributed by atoms with Gasteiger partial charge in [0.15, 0.2) is 11.1 Å². The minimum atomic E-state index is -1.12. The van der Waals surface area contributed by atoms with E-state index >= 15 is 0 Å². The van der Waals surface area contributed by atoms with Crippen LogP contribution >= 0.6 is 0 Å². The average molecular weight is 317 g/mol. The van der Waals surface area contributed by atoms with E-state index in [0.29, 0.717) is 17.6 Å². The maximum absolute atomic E-state index is 12.8. The van der Waals surface area contributed by atoms with Gasteiger partial charge in [0.25, 0.3) is 0 Å².